The van der Waals surface area contributed by atoms with Crippen LogP contribution in [-0.2, 0) is 4.74 Å². The first kappa shape index (κ1) is 19.8. The van der Waals surface area contributed by atoms with Crippen molar-refractivity contribution in [2.45, 2.75) is 0 Å². The van der Waals surface area contributed by atoms with Crippen LogP contribution in [-0.4, -0.2) is 41.3 Å². The number of H-pyrrole nitrogens is 1. The maximum absolute atomic E-state index is 12.6. The molecule has 9 heteroatoms. The van der Waals surface area contributed by atoms with E-state index in [2.05, 4.69) is 30.3 Å². The third-order valence-electron chi connectivity index (χ3n) is 5.40. The molecule has 2 N–H and O–H groups in total. The number of hydrogen-bond donors (Lipinski definition) is 2. The molecular weight excluding hydrogens is 408 g/mol. The molecule has 4 heterocycles. The van der Waals surface area contributed by atoms with E-state index in [0.717, 1.165) is 43.1 Å². The molecule has 0 aliphatic carbocycles. The molecule has 0 bridgehead atoms. The van der Waals surface area contributed by atoms with Crippen molar-refractivity contribution in [3.63, 3.8) is 0 Å². The Labute approximate surface area is 183 Å². The van der Waals surface area contributed by atoms with Crippen molar-refractivity contribution in [2.75, 3.05) is 36.5 Å². The van der Waals surface area contributed by atoms with Crippen molar-refractivity contribution in [3.05, 3.63) is 76.2 Å². The lowest BCUT2D eigenvalue weighted by Crippen LogP contribution is -2.36. The number of rotatable bonds is 5. The zero-order chi connectivity index (χ0) is 21.9. The molecule has 1 aliphatic rings. The lowest BCUT2D eigenvalue weighted by molar-refractivity contribution is 0.122. The average Bonchev–Trinajstić information content (AvgIpc) is 2.85. The molecule has 32 heavy (non-hydrogen) atoms. The molecule has 0 unspecified atom stereocenters. The number of aromatic amines is 1. The van der Waals surface area contributed by atoms with Crippen LogP contribution in [0, 0.1) is 4.91 Å². The van der Waals surface area contributed by atoms with E-state index in [9.17, 15) is 9.70 Å². The van der Waals surface area contributed by atoms with Gasteiger partial charge in [-0.3, -0.25) is 4.79 Å². The normalized spacial score (nSPS) is 13.8. The number of pyridine rings is 3. The number of nitrogens with one attached hydrogen (secondary N) is 2. The van der Waals surface area contributed by atoms with E-state index >= 15 is 0 Å². The molecule has 5 rings (SSSR count). The number of anilines is 3. The second kappa shape index (κ2) is 8.56. The molecule has 1 aromatic carbocycles. The van der Waals surface area contributed by atoms with Crippen LogP contribution in [0.25, 0.3) is 22.0 Å². The first-order valence-electron chi connectivity index (χ1n) is 10.2. The summed E-state index contributed by atoms with van der Waals surface area (Å²) in [4.78, 5) is 36.9. The summed E-state index contributed by atoms with van der Waals surface area (Å²) in [6, 6.07) is 14.9. The van der Waals surface area contributed by atoms with Crippen LogP contribution in [0.1, 0.15) is 0 Å². The molecule has 160 valence electrons. The summed E-state index contributed by atoms with van der Waals surface area (Å²) in [6.45, 7) is 3.18. The molecule has 9 nitrogen and oxygen atoms in total. The van der Waals surface area contributed by atoms with E-state index in [1.807, 2.05) is 36.4 Å². The summed E-state index contributed by atoms with van der Waals surface area (Å²) in [6.07, 6.45) is 3.14. The van der Waals surface area contributed by atoms with Gasteiger partial charge in [-0.2, -0.15) is 0 Å². The Morgan fingerprint density at radius 2 is 1.88 bits per heavy atom. The molecule has 1 saturated heterocycles. The van der Waals surface area contributed by atoms with Crippen LogP contribution >= 0.6 is 0 Å². The summed E-state index contributed by atoms with van der Waals surface area (Å²) in [5.74, 6) is 0.542. The molecule has 1 fully saturated rings. The maximum Gasteiger partial charge on any atom is 0.259 e. The van der Waals surface area contributed by atoms with E-state index in [1.165, 1.54) is 6.07 Å². The Bertz CT molecular complexity index is 1310. The zero-order valence-corrected chi connectivity index (χ0v) is 17.1. The van der Waals surface area contributed by atoms with Crippen LogP contribution < -0.4 is 15.8 Å². The van der Waals surface area contributed by atoms with Gasteiger partial charge >= 0.3 is 0 Å². The fourth-order valence-corrected chi connectivity index (χ4v) is 3.76. The number of nitrogens with zero attached hydrogens (tertiary/aromatic N) is 4. The first-order valence-corrected chi connectivity index (χ1v) is 10.2. The predicted octanol–water partition coefficient (Wildman–Crippen LogP) is 3.96. The van der Waals surface area contributed by atoms with E-state index in [1.54, 1.807) is 18.5 Å². The van der Waals surface area contributed by atoms with Crippen molar-refractivity contribution in [2.24, 2.45) is 5.18 Å². The average molecular weight is 428 g/mol. The third kappa shape index (κ3) is 3.93. The first-order chi connectivity index (χ1) is 15.7. The molecule has 3 aromatic heterocycles. The van der Waals surface area contributed by atoms with Gasteiger partial charge in [-0.25, -0.2) is 9.97 Å². The summed E-state index contributed by atoms with van der Waals surface area (Å²) in [5, 5.41) is 7.32. The Morgan fingerprint density at radius 3 is 2.59 bits per heavy atom. The second-order valence-corrected chi connectivity index (χ2v) is 7.39. The van der Waals surface area contributed by atoms with Gasteiger partial charge in [0.2, 0.25) is 0 Å². The number of benzene rings is 1. The summed E-state index contributed by atoms with van der Waals surface area (Å²) >= 11 is 0. The lowest BCUT2D eigenvalue weighted by Gasteiger charge is -2.28. The SMILES string of the molecule is O=Nc1ccc(-c2cc3cc[nH]c(=O)c3c(Nc3ccc(N4CCOCC4)cc3)n2)cn1. The largest absolute Gasteiger partial charge is 0.378 e. The smallest absolute Gasteiger partial charge is 0.259 e. The van der Waals surface area contributed by atoms with E-state index < -0.39 is 0 Å². The van der Waals surface area contributed by atoms with Crippen LogP contribution in [0.2, 0.25) is 0 Å². The van der Waals surface area contributed by atoms with Gasteiger partial charge in [0, 0.05) is 42.4 Å². The van der Waals surface area contributed by atoms with Crippen molar-refractivity contribution in [3.8, 4) is 11.3 Å². The van der Waals surface area contributed by atoms with E-state index in [-0.39, 0.29) is 11.4 Å². The standard InChI is InChI=1S/C23H20N6O3/c30-23-21-15(7-8-24-23)13-19(16-1-6-20(28-31)25-14-16)27-22(21)26-17-2-4-18(5-3-17)29-9-11-32-12-10-29/h1-8,13-14H,9-12H2,(H,24,30)(H,26,27). The van der Waals surface area contributed by atoms with Crippen molar-refractivity contribution < 1.29 is 4.74 Å². The molecule has 0 spiro atoms. The second-order valence-electron chi connectivity index (χ2n) is 7.39. The van der Waals surface area contributed by atoms with Crippen molar-refractivity contribution in [1.29, 1.82) is 0 Å². The summed E-state index contributed by atoms with van der Waals surface area (Å²) in [7, 11) is 0. The minimum Gasteiger partial charge on any atom is -0.378 e. The lowest BCUT2D eigenvalue weighted by atomic mass is 10.1. The van der Waals surface area contributed by atoms with Gasteiger partial charge in [-0.15, -0.1) is 4.91 Å². The van der Waals surface area contributed by atoms with Crippen molar-refractivity contribution in [1.82, 2.24) is 15.0 Å². The van der Waals surface area contributed by atoms with Gasteiger partial charge in [0.05, 0.1) is 24.3 Å². The highest BCUT2D eigenvalue weighted by atomic mass is 16.5. The predicted molar refractivity (Wildman–Crippen MR) is 124 cm³/mol. The summed E-state index contributed by atoms with van der Waals surface area (Å²) < 4.78 is 5.42. The van der Waals surface area contributed by atoms with Crippen molar-refractivity contribution >= 4 is 33.8 Å². The Morgan fingerprint density at radius 1 is 1.06 bits per heavy atom. The number of aromatic nitrogens is 3. The van der Waals surface area contributed by atoms with Gasteiger partial charge < -0.3 is 19.9 Å². The molecule has 4 aromatic rings. The van der Waals surface area contributed by atoms with Crippen LogP contribution in [0.5, 0.6) is 0 Å². The van der Waals surface area contributed by atoms with Gasteiger partial charge in [-0.1, -0.05) is 0 Å². The third-order valence-corrected chi connectivity index (χ3v) is 5.40. The van der Waals surface area contributed by atoms with Gasteiger partial charge in [-0.05, 0) is 59.1 Å². The highest BCUT2D eigenvalue weighted by Crippen LogP contribution is 2.29. The van der Waals surface area contributed by atoms with E-state index in [4.69, 9.17) is 4.74 Å². The van der Waals surface area contributed by atoms with Gasteiger partial charge in [0.25, 0.3) is 5.56 Å². The van der Waals surface area contributed by atoms with Crippen LogP contribution in [0.15, 0.2) is 70.9 Å². The molecule has 0 atom stereocenters. The zero-order valence-electron chi connectivity index (χ0n) is 17.1. The molecular formula is C23H20N6O3. The van der Waals surface area contributed by atoms with E-state index in [0.29, 0.717) is 22.5 Å². The maximum atomic E-state index is 12.6. The Kier molecular flexibility index (Phi) is 5.30. The summed E-state index contributed by atoms with van der Waals surface area (Å²) in [5.41, 5.74) is 3.05. The Balaban J connectivity index is 1.51. The quantitative estimate of drug-likeness (QED) is 0.463. The fourth-order valence-electron chi connectivity index (χ4n) is 3.76. The molecule has 1 aliphatic heterocycles. The molecule has 0 saturated carbocycles. The molecule has 0 radical (unpaired) electrons. The monoisotopic (exact) mass is 428 g/mol. The molecule has 0 amide bonds. The van der Waals surface area contributed by atoms with Gasteiger partial charge in [0.1, 0.15) is 5.82 Å². The van der Waals surface area contributed by atoms with Crippen LogP contribution in [0.4, 0.5) is 23.0 Å². The topological polar surface area (TPSA) is 113 Å². The minimum absolute atomic E-state index is 0.102. The highest BCUT2D eigenvalue weighted by molar-refractivity contribution is 5.95. The number of ether oxygens (including phenoxy) is 1. The Hall–Kier alpha value is -4.11. The number of nitroso groups, excluding NO2 is 1. The highest BCUT2D eigenvalue weighted by Gasteiger charge is 2.13. The number of hydrogen-bond acceptors (Lipinski definition) is 8. The fraction of sp³-hybridized carbons (Fsp3) is 0.174. The number of morpholine rings is 1. The van der Waals surface area contributed by atoms with Gasteiger partial charge in [0.15, 0.2) is 5.82 Å². The minimum atomic E-state index is -0.229. The number of fused-ring (bicyclic) bond motifs is 1. The van der Waals surface area contributed by atoms with Crippen LogP contribution in [0.3, 0.4) is 0 Å².